The second-order valence-electron chi connectivity index (χ2n) is 6.71. The number of piperidine rings is 1. The fourth-order valence-corrected chi connectivity index (χ4v) is 3.69. The van der Waals surface area contributed by atoms with Crippen molar-refractivity contribution in [2.24, 2.45) is 0 Å². The van der Waals surface area contributed by atoms with Crippen LogP contribution in [0.5, 0.6) is 0 Å². The van der Waals surface area contributed by atoms with Crippen LogP contribution in [0.1, 0.15) is 24.3 Å². The molecule has 0 aromatic heterocycles. The van der Waals surface area contributed by atoms with Crippen molar-refractivity contribution < 1.29 is 14.3 Å². The molecule has 2 N–H and O–H groups in total. The van der Waals surface area contributed by atoms with Gasteiger partial charge in [-0.05, 0) is 30.5 Å². The summed E-state index contributed by atoms with van der Waals surface area (Å²) >= 11 is 5.91. The highest BCUT2D eigenvalue weighted by atomic mass is 35.5. The van der Waals surface area contributed by atoms with E-state index in [-0.39, 0.29) is 36.7 Å². The van der Waals surface area contributed by atoms with E-state index in [1.807, 2.05) is 24.3 Å². The number of amides is 3. The summed E-state index contributed by atoms with van der Waals surface area (Å²) in [6, 6.07) is 7.80. The van der Waals surface area contributed by atoms with Gasteiger partial charge in [0.15, 0.2) is 0 Å². The van der Waals surface area contributed by atoms with Crippen molar-refractivity contribution in [3.8, 4) is 0 Å². The number of carbonyl (C=O) groups excluding carboxylic acids is 2. The SMILES string of the molecule is O=C1CO[C@H]2CCN(C(=O)N[C@@H]3C[C@H]3c3ccc(Cl)cc3)C[C@H]2N1. The highest BCUT2D eigenvalue weighted by molar-refractivity contribution is 6.30. The quantitative estimate of drug-likeness (QED) is 0.850. The largest absolute Gasteiger partial charge is 0.366 e. The Morgan fingerprint density at radius 2 is 2.12 bits per heavy atom. The number of urea groups is 1. The normalized spacial score (nSPS) is 31.9. The van der Waals surface area contributed by atoms with Gasteiger partial charge in [0, 0.05) is 30.1 Å². The summed E-state index contributed by atoms with van der Waals surface area (Å²) in [6.45, 7) is 1.28. The Bertz CT molecular complexity index is 651. The number of hydrogen-bond acceptors (Lipinski definition) is 3. The first kappa shape index (κ1) is 15.7. The summed E-state index contributed by atoms with van der Waals surface area (Å²) in [4.78, 5) is 25.7. The standard InChI is InChI=1S/C17H20ClN3O3/c18-11-3-1-10(2-4-11)12-7-13(12)20-17(23)21-6-5-15-14(8-21)19-16(22)9-24-15/h1-4,12-15H,5-9H2,(H,19,22)(H,20,23)/t12-,13+,14+,15-/m0/s1. The van der Waals surface area contributed by atoms with Gasteiger partial charge in [-0.2, -0.15) is 0 Å². The molecule has 1 aromatic rings. The lowest BCUT2D eigenvalue weighted by molar-refractivity contribution is -0.139. The van der Waals surface area contributed by atoms with Crippen molar-refractivity contribution in [1.82, 2.24) is 15.5 Å². The van der Waals surface area contributed by atoms with Crippen LogP contribution in [0.3, 0.4) is 0 Å². The van der Waals surface area contributed by atoms with E-state index in [1.54, 1.807) is 4.90 Å². The van der Waals surface area contributed by atoms with E-state index in [2.05, 4.69) is 10.6 Å². The molecule has 1 aliphatic carbocycles. The van der Waals surface area contributed by atoms with E-state index in [0.29, 0.717) is 19.0 Å². The molecule has 6 nitrogen and oxygen atoms in total. The fourth-order valence-electron chi connectivity index (χ4n) is 3.57. The minimum absolute atomic E-state index is 0.0227. The van der Waals surface area contributed by atoms with Gasteiger partial charge in [-0.25, -0.2) is 4.79 Å². The fraction of sp³-hybridized carbons (Fsp3) is 0.529. The molecular formula is C17H20ClN3O3. The smallest absolute Gasteiger partial charge is 0.317 e. The predicted octanol–water partition coefficient (Wildman–Crippen LogP) is 1.49. The molecule has 3 aliphatic rings. The van der Waals surface area contributed by atoms with Crippen molar-refractivity contribution in [1.29, 1.82) is 0 Å². The van der Waals surface area contributed by atoms with E-state index >= 15 is 0 Å². The maximum Gasteiger partial charge on any atom is 0.317 e. The van der Waals surface area contributed by atoms with Gasteiger partial charge in [-0.1, -0.05) is 23.7 Å². The van der Waals surface area contributed by atoms with Crippen LogP contribution in [-0.2, 0) is 9.53 Å². The molecule has 0 radical (unpaired) electrons. The summed E-state index contributed by atoms with van der Waals surface area (Å²) in [7, 11) is 0. The first-order valence-corrected chi connectivity index (χ1v) is 8.70. The van der Waals surface area contributed by atoms with Crippen LogP contribution in [-0.4, -0.2) is 54.7 Å². The molecule has 2 aliphatic heterocycles. The third-order valence-corrected chi connectivity index (χ3v) is 5.26. The van der Waals surface area contributed by atoms with Gasteiger partial charge in [0.05, 0.1) is 12.1 Å². The van der Waals surface area contributed by atoms with Crippen LogP contribution in [0.15, 0.2) is 24.3 Å². The summed E-state index contributed by atoms with van der Waals surface area (Å²) in [6.07, 6.45) is 1.73. The average molecular weight is 350 g/mol. The lowest BCUT2D eigenvalue weighted by Crippen LogP contribution is -2.62. The van der Waals surface area contributed by atoms with Gasteiger partial charge >= 0.3 is 6.03 Å². The predicted molar refractivity (Wildman–Crippen MR) is 89.0 cm³/mol. The number of likely N-dealkylation sites (tertiary alicyclic amines) is 1. The molecular weight excluding hydrogens is 330 g/mol. The zero-order valence-corrected chi connectivity index (χ0v) is 14.0. The second kappa shape index (κ2) is 6.26. The number of nitrogens with one attached hydrogen (secondary N) is 2. The molecule has 2 heterocycles. The maximum absolute atomic E-state index is 12.5. The molecule has 7 heteroatoms. The van der Waals surface area contributed by atoms with Gasteiger partial charge in [0.1, 0.15) is 6.61 Å². The molecule has 128 valence electrons. The number of ether oxygens (including phenoxy) is 1. The van der Waals surface area contributed by atoms with Crippen LogP contribution in [0.4, 0.5) is 4.79 Å². The minimum Gasteiger partial charge on any atom is -0.366 e. The van der Waals surface area contributed by atoms with Crippen molar-refractivity contribution in [3.63, 3.8) is 0 Å². The lowest BCUT2D eigenvalue weighted by atomic mass is 10.0. The molecule has 24 heavy (non-hydrogen) atoms. The Hall–Kier alpha value is -1.79. The zero-order chi connectivity index (χ0) is 16.7. The Balaban J connectivity index is 1.31. The highest BCUT2D eigenvalue weighted by Crippen LogP contribution is 2.41. The third kappa shape index (κ3) is 3.21. The van der Waals surface area contributed by atoms with Gasteiger partial charge in [-0.15, -0.1) is 0 Å². The number of fused-ring (bicyclic) bond motifs is 1. The minimum atomic E-state index is -0.108. The van der Waals surface area contributed by atoms with Gasteiger partial charge in [-0.3, -0.25) is 4.79 Å². The van der Waals surface area contributed by atoms with Gasteiger partial charge in [0.2, 0.25) is 5.91 Å². The Kier molecular flexibility index (Phi) is 4.10. The van der Waals surface area contributed by atoms with Crippen molar-refractivity contribution >= 4 is 23.5 Å². The van der Waals surface area contributed by atoms with Crippen LogP contribution >= 0.6 is 11.6 Å². The molecule has 2 saturated heterocycles. The van der Waals surface area contributed by atoms with Crippen LogP contribution in [0, 0.1) is 0 Å². The zero-order valence-electron chi connectivity index (χ0n) is 13.2. The van der Waals surface area contributed by atoms with E-state index in [9.17, 15) is 9.59 Å². The van der Waals surface area contributed by atoms with Gasteiger partial charge < -0.3 is 20.3 Å². The second-order valence-corrected chi connectivity index (χ2v) is 7.14. The van der Waals surface area contributed by atoms with E-state index in [1.165, 1.54) is 5.56 Å². The topological polar surface area (TPSA) is 70.7 Å². The van der Waals surface area contributed by atoms with Gasteiger partial charge in [0.25, 0.3) is 0 Å². The molecule has 3 amide bonds. The van der Waals surface area contributed by atoms with Crippen LogP contribution < -0.4 is 10.6 Å². The lowest BCUT2D eigenvalue weighted by Gasteiger charge is -2.41. The Morgan fingerprint density at radius 3 is 2.92 bits per heavy atom. The van der Waals surface area contributed by atoms with E-state index in [0.717, 1.165) is 17.9 Å². The number of morpholine rings is 1. The molecule has 1 saturated carbocycles. The molecule has 1 aromatic carbocycles. The third-order valence-electron chi connectivity index (χ3n) is 5.01. The number of carbonyl (C=O) groups is 2. The van der Waals surface area contributed by atoms with E-state index in [4.69, 9.17) is 16.3 Å². The molecule has 0 spiro atoms. The molecule has 0 unspecified atom stereocenters. The van der Waals surface area contributed by atoms with E-state index < -0.39 is 0 Å². The molecule has 0 bridgehead atoms. The average Bonchev–Trinajstić information content (AvgIpc) is 3.34. The number of nitrogens with zero attached hydrogens (tertiary/aromatic N) is 1. The van der Waals surface area contributed by atoms with Crippen LogP contribution in [0.25, 0.3) is 0 Å². The molecule has 3 fully saturated rings. The van der Waals surface area contributed by atoms with Crippen molar-refractivity contribution in [2.75, 3.05) is 19.7 Å². The molecule has 4 atom stereocenters. The summed E-state index contributed by atoms with van der Waals surface area (Å²) in [5.41, 5.74) is 1.20. The summed E-state index contributed by atoms with van der Waals surface area (Å²) in [5.74, 6) is 0.255. The monoisotopic (exact) mass is 349 g/mol. The molecule has 4 rings (SSSR count). The summed E-state index contributed by atoms with van der Waals surface area (Å²) in [5, 5.41) is 6.73. The number of rotatable bonds is 2. The first-order chi connectivity index (χ1) is 11.6. The Labute approximate surface area is 145 Å². The summed E-state index contributed by atoms with van der Waals surface area (Å²) < 4.78 is 5.52. The number of hydrogen-bond donors (Lipinski definition) is 2. The van der Waals surface area contributed by atoms with Crippen LogP contribution in [0.2, 0.25) is 5.02 Å². The van der Waals surface area contributed by atoms with Crippen molar-refractivity contribution in [3.05, 3.63) is 34.9 Å². The number of halogens is 1. The highest BCUT2D eigenvalue weighted by Gasteiger charge is 2.42. The number of benzene rings is 1. The maximum atomic E-state index is 12.5. The van der Waals surface area contributed by atoms with Crippen molar-refractivity contribution in [2.45, 2.75) is 36.9 Å². The Morgan fingerprint density at radius 1 is 1.33 bits per heavy atom. The first-order valence-electron chi connectivity index (χ1n) is 8.32.